The monoisotopic (exact) mass is 182 g/mol. The number of hydrogen-bond donors (Lipinski definition) is 0. The fourth-order valence-electron chi connectivity index (χ4n) is 2.57. The lowest BCUT2D eigenvalue weighted by atomic mass is 9.84. The molecule has 0 N–H and O–H groups in total. The summed E-state index contributed by atoms with van der Waals surface area (Å²) in [6, 6.07) is 0. The van der Waals surface area contributed by atoms with Gasteiger partial charge in [-0.15, -0.1) is 0 Å². The molecule has 1 fully saturated rings. The molecule has 0 amide bonds. The van der Waals surface area contributed by atoms with Crippen LogP contribution in [0.5, 0.6) is 0 Å². The average Bonchev–Trinajstić information content (AvgIpc) is 2.29. The molecule has 78 valence electrons. The van der Waals surface area contributed by atoms with E-state index in [9.17, 15) is 0 Å². The largest absolute Gasteiger partial charge is 0.0651 e. The summed E-state index contributed by atoms with van der Waals surface area (Å²) in [5.74, 6) is 2.01. The van der Waals surface area contributed by atoms with Crippen LogP contribution in [-0.2, 0) is 0 Å². The first-order chi connectivity index (χ1) is 6.34. The van der Waals surface area contributed by atoms with Gasteiger partial charge in [0, 0.05) is 0 Å². The van der Waals surface area contributed by atoms with Crippen LogP contribution in [0, 0.1) is 11.8 Å². The quantitative estimate of drug-likeness (QED) is 0.576. The Bertz CT molecular complexity index is 107. The molecule has 0 bridgehead atoms. The molecule has 0 heteroatoms. The normalized spacial score (nSPS) is 24.5. The first kappa shape index (κ1) is 11.1. The van der Waals surface area contributed by atoms with Gasteiger partial charge in [0.2, 0.25) is 0 Å². The zero-order valence-corrected chi connectivity index (χ0v) is 9.52. The molecule has 1 rings (SSSR count). The maximum atomic E-state index is 2.45. The minimum absolute atomic E-state index is 0.970. The van der Waals surface area contributed by atoms with E-state index in [-0.39, 0.29) is 0 Å². The minimum Gasteiger partial charge on any atom is -0.0651 e. The molecule has 1 atom stereocenters. The molecule has 0 aromatic carbocycles. The molecule has 0 saturated heterocycles. The van der Waals surface area contributed by atoms with Crippen molar-refractivity contribution in [1.29, 1.82) is 0 Å². The predicted molar refractivity (Wildman–Crippen MR) is 59.9 cm³/mol. The summed E-state index contributed by atoms with van der Waals surface area (Å²) >= 11 is 0. The van der Waals surface area contributed by atoms with E-state index in [0.717, 1.165) is 11.8 Å². The molecule has 0 radical (unpaired) electrons. The summed E-state index contributed by atoms with van der Waals surface area (Å²) in [7, 11) is 0. The Morgan fingerprint density at radius 1 is 0.923 bits per heavy atom. The van der Waals surface area contributed by atoms with E-state index in [2.05, 4.69) is 13.8 Å². The van der Waals surface area contributed by atoms with E-state index < -0.39 is 0 Å². The molecule has 1 aliphatic rings. The van der Waals surface area contributed by atoms with Crippen LogP contribution >= 0.6 is 0 Å². The number of rotatable bonds is 2. The molecule has 0 spiro atoms. The lowest BCUT2D eigenvalue weighted by Gasteiger charge is -2.22. The van der Waals surface area contributed by atoms with E-state index in [0.29, 0.717) is 0 Å². The fourth-order valence-corrected chi connectivity index (χ4v) is 2.57. The molecule has 13 heavy (non-hydrogen) atoms. The van der Waals surface area contributed by atoms with E-state index in [1.54, 1.807) is 0 Å². The van der Waals surface area contributed by atoms with Crippen molar-refractivity contribution >= 4 is 0 Å². The second-order valence-electron chi connectivity index (χ2n) is 4.84. The minimum atomic E-state index is 0.970. The molecule has 0 nitrogen and oxygen atoms in total. The Kier molecular flexibility index (Phi) is 5.50. The van der Waals surface area contributed by atoms with Crippen LogP contribution in [0.4, 0.5) is 0 Å². The van der Waals surface area contributed by atoms with Crippen LogP contribution in [-0.4, -0.2) is 0 Å². The summed E-state index contributed by atoms with van der Waals surface area (Å²) in [5, 5.41) is 0. The van der Waals surface area contributed by atoms with Crippen molar-refractivity contribution < 1.29 is 0 Å². The highest BCUT2D eigenvalue weighted by atomic mass is 14.2. The molecule has 0 aromatic rings. The van der Waals surface area contributed by atoms with Crippen molar-refractivity contribution in [2.24, 2.45) is 11.8 Å². The molecule has 1 aliphatic carbocycles. The Morgan fingerprint density at radius 3 is 1.85 bits per heavy atom. The first-order valence-corrected chi connectivity index (χ1v) is 6.34. The molecule has 0 aliphatic heterocycles. The smallest absolute Gasteiger partial charge is 0.0389 e. The van der Waals surface area contributed by atoms with E-state index in [4.69, 9.17) is 0 Å². The topological polar surface area (TPSA) is 0 Å². The Morgan fingerprint density at radius 2 is 1.38 bits per heavy atom. The molecule has 1 saturated carbocycles. The zero-order chi connectivity index (χ0) is 9.52. The maximum absolute atomic E-state index is 2.45. The van der Waals surface area contributed by atoms with Gasteiger partial charge in [-0.2, -0.15) is 0 Å². The van der Waals surface area contributed by atoms with Crippen LogP contribution in [0.25, 0.3) is 0 Å². The van der Waals surface area contributed by atoms with Crippen molar-refractivity contribution in [3.63, 3.8) is 0 Å². The zero-order valence-electron chi connectivity index (χ0n) is 9.52. The SMILES string of the molecule is CCC(C)C1CCCCCCCC1. The summed E-state index contributed by atoms with van der Waals surface area (Å²) in [4.78, 5) is 0. The third-order valence-electron chi connectivity index (χ3n) is 3.85. The van der Waals surface area contributed by atoms with Crippen molar-refractivity contribution in [2.75, 3.05) is 0 Å². The molecule has 0 heterocycles. The van der Waals surface area contributed by atoms with Crippen LogP contribution < -0.4 is 0 Å². The van der Waals surface area contributed by atoms with Crippen LogP contribution in [0.2, 0.25) is 0 Å². The lowest BCUT2D eigenvalue weighted by Crippen LogP contribution is -2.10. The van der Waals surface area contributed by atoms with Crippen molar-refractivity contribution in [1.82, 2.24) is 0 Å². The first-order valence-electron chi connectivity index (χ1n) is 6.34. The average molecular weight is 182 g/mol. The predicted octanol–water partition coefficient (Wildman–Crippen LogP) is 4.78. The molecule has 0 aromatic heterocycles. The van der Waals surface area contributed by atoms with Gasteiger partial charge in [-0.3, -0.25) is 0 Å². The van der Waals surface area contributed by atoms with E-state index in [1.165, 1.54) is 57.8 Å². The second kappa shape index (κ2) is 6.45. The third kappa shape index (κ3) is 4.15. The fraction of sp³-hybridized carbons (Fsp3) is 1.00. The standard InChI is InChI=1S/C13H26/c1-3-12(2)13-10-8-6-4-5-7-9-11-13/h12-13H,3-11H2,1-2H3. The number of hydrogen-bond acceptors (Lipinski definition) is 0. The van der Waals surface area contributed by atoms with Gasteiger partial charge in [0.15, 0.2) is 0 Å². The summed E-state index contributed by atoms with van der Waals surface area (Å²) < 4.78 is 0. The summed E-state index contributed by atoms with van der Waals surface area (Å²) in [6.45, 7) is 4.79. The highest BCUT2D eigenvalue weighted by Gasteiger charge is 2.15. The highest BCUT2D eigenvalue weighted by Crippen LogP contribution is 2.28. The van der Waals surface area contributed by atoms with E-state index in [1.807, 2.05) is 0 Å². The Labute approximate surface area is 84.1 Å². The maximum Gasteiger partial charge on any atom is -0.0389 e. The van der Waals surface area contributed by atoms with Gasteiger partial charge in [-0.25, -0.2) is 0 Å². The van der Waals surface area contributed by atoms with Crippen LogP contribution in [0.15, 0.2) is 0 Å². The van der Waals surface area contributed by atoms with Gasteiger partial charge < -0.3 is 0 Å². The third-order valence-corrected chi connectivity index (χ3v) is 3.85. The van der Waals surface area contributed by atoms with Gasteiger partial charge in [-0.1, -0.05) is 71.6 Å². The Balaban J connectivity index is 2.31. The summed E-state index contributed by atoms with van der Waals surface area (Å²) in [5.41, 5.74) is 0. The second-order valence-corrected chi connectivity index (χ2v) is 4.84. The summed E-state index contributed by atoms with van der Waals surface area (Å²) in [6.07, 6.45) is 13.4. The molecular weight excluding hydrogens is 156 g/mol. The molecular formula is C13H26. The van der Waals surface area contributed by atoms with Gasteiger partial charge in [0.05, 0.1) is 0 Å². The Hall–Kier alpha value is 0. The van der Waals surface area contributed by atoms with Crippen LogP contribution in [0.1, 0.15) is 71.6 Å². The highest BCUT2D eigenvalue weighted by molar-refractivity contribution is 4.67. The van der Waals surface area contributed by atoms with Gasteiger partial charge in [-0.05, 0) is 11.8 Å². The van der Waals surface area contributed by atoms with Gasteiger partial charge in [0.1, 0.15) is 0 Å². The van der Waals surface area contributed by atoms with Crippen molar-refractivity contribution in [2.45, 2.75) is 71.6 Å². The van der Waals surface area contributed by atoms with E-state index >= 15 is 0 Å². The van der Waals surface area contributed by atoms with Crippen molar-refractivity contribution in [3.8, 4) is 0 Å². The van der Waals surface area contributed by atoms with Gasteiger partial charge in [0.25, 0.3) is 0 Å². The van der Waals surface area contributed by atoms with Gasteiger partial charge >= 0.3 is 0 Å². The van der Waals surface area contributed by atoms with Crippen molar-refractivity contribution in [3.05, 3.63) is 0 Å². The lowest BCUT2D eigenvalue weighted by molar-refractivity contribution is 0.297. The molecule has 1 unspecified atom stereocenters. The van der Waals surface area contributed by atoms with Crippen LogP contribution in [0.3, 0.4) is 0 Å².